The van der Waals surface area contributed by atoms with Crippen molar-refractivity contribution in [3.63, 3.8) is 0 Å². The van der Waals surface area contributed by atoms with E-state index in [1.807, 2.05) is 23.6 Å². The molecule has 0 radical (unpaired) electrons. The zero-order chi connectivity index (χ0) is 10.1. The molecule has 0 bridgehead atoms. The number of hydrogen-bond acceptors (Lipinski definition) is 3. The highest BCUT2D eigenvalue weighted by Crippen LogP contribution is 2.29. The number of hydrogen-bond donors (Lipinski definition) is 1. The van der Waals surface area contributed by atoms with Gasteiger partial charge in [-0.2, -0.15) is 0 Å². The average molecular weight is 337 g/mol. The van der Waals surface area contributed by atoms with Gasteiger partial charge in [-0.1, -0.05) is 11.6 Å². The van der Waals surface area contributed by atoms with Gasteiger partial charge in [0.2, 0.25) is 0 Å². The molecule has 0 aliphatic heterocycles. The van der Waals surface area contributed by atoms with Crippen molar-refractivity contribution in [1.29, 1.82) is 0 Å². The highest BCUT2D eigenvalue weighted by atomic mass is 127. The van der Waals surface area contributed by atoms with Gasteiger partial charge in [0.05, 0.1) is 5.69 Å². The maximum Gasteiger partial charge on any atom is 0.180 e. The zero-order valence-corrected chi connectivity index (χ0v) is 10.7. The van der Waals surface area contributed by atoms with Crippen molar-refractivity contribution < 1.29 is 0 Å². The number of thiazole rings is 1. The van der Waals surface area contributed by atoms with Gasteiger partial charge >= 0.3 is 0 Å². The van der Waals surface area contributed by atoms with Crippen molar-refractivity contribution in [2.75, 3.05) is 5.73 Å². The lowest BCUT2D eigenvalue weighted by molar-refractivity contribution is 1.40. The summed E-state index contributed by atoms with van der Waals surface area (Å²) in [5.74, 6) is 0. The van der Waals surface area contributed by atoms with Crippen LogP contribution in [0.25, 0.3) is 11.3 Å². The van der Waals surface area contributed by atoms with Crippen LogP contribution in [0.1, 0.15) is 0 Å². The van der Waals surface area contributed by atoms with Crippen LogP contribution in [0.4, 0.5) is 5.13 Å². The molecule has 0 aliphatic rings. The second-order valence-electron chi connectivity index (χ2n) is 2.70. The van der Waals surface area contributed by atoms with E-state index < -0.39 is 0 Å². The van der Waals surface area contributed by atoms with E-state index in [0.717, 1.165) is 14.8 Å². The van der Waals surface area contributed by atoms with E-state index in [-0.39, 0.29) is 0 Å². The lowest BCUT2D eigenvalue weighted by atomic mass is 10.2. The van der Waals surface area contributed by atoms with Crippen LogP contribution in [-0.4, -0.2) is 4.98 Å². The van der Waals surface area contributed by atoms with Crippen LogP contribution in [0.15, 0.2) is 23.6 Å². The molecular formula is C9H6ClIN2S. The Morgan fingerprint density at radius 2 is 2.21 bits per heavy atom. The summed E-state index contributed by atoms with van der Waals surface area (Å²) >= 11 is 9.60. The summed E-state index contributed by atoms with van der Waals surface area (Å²) in [6.07, 6.45) is 0. The van der Waals surface area contributed by atoms with Crippen molar-refractivity contribution in [3.05, 3.63) is 32.2 Å². The second kappa shape index (κ2) is 4.04. The van der Waals surface area contributed by atoms with E-state index >= 15 is 0 Å². The first-order chi connectivity index (χ1) is 6.66. The van der Waals surface area contributed by atoms with Crippen LogP contribution < -0.4 is 5.73 Å². The fourth-order valence-electron chi connectivity index (χ4n) is 1.11. The molecule has 2 N–H and O–H groups in total. The molecule has 0 aliphatic carbocycles. The van der Waals surface area contributed by atoms with Gasteiger partial charge in [-0.25, -0.2) is 4.98 Å². The van der Waals surface area contributed by atoms with Crippen molar-refractivity contribution >= 4 is 50.7 Å². The number of halogens is 2. The molecule has 0 spiro atoms. The third-order valence-electron chi connectivity index (χ3n) is 1.73. The van der Waals surface area contributed by atoms with E-state index in [2.05, 4.69) is 27.6 Å². The number of benzene rings is 1. The van der Waals surface area contributed by atoms with Crippen molar-refractivity contribution in [1.82, 2.24) is 4.98 Å². The minimum Gasteiger partial charge on any atom is -0.375 e. The fraction of sp³-hybridized carbons (Fsp3) is 0. The van der Waals surface area contributed by atoms with E-state index in [9.17, 15) is 0 Å². The Hall–Kier alpha value is -0.330. The van der Waals surface area contributed by atoms with E-state index in [1.54, 1.807) is 0 Å². The first-order valence-electron chi connectivity index (χ1n) is 3.83. The Balaban J connectivity index is 2.55. The molecule has 0 saturated heterocycles. The monoisotopic (exact) mass is 336 g/mol. The molecule has 1 aromatic carbocycles. The predicted octanol–water partition coefficient (Wildman–Crippen LogP) is 3.65. The summed E-state index contributed by atoms with van der Waals surface area (Å²) < 4.78 is 1.12. The molecule has 0 unspecified atom stereocenters. The molecule has 1 heterocycles. The Bertz CT molecular complexity index is 470. The summed E-state index contributed by atoms with van der Waals surface area (Å²) in [4.78, 5) is 4.22. The normalized spacial score (nSPS) is 10.4. The van der Waals surface area contributed by atoms with E-state index in [0.29, 0.717) is 10.2 Å². The second-order valence-corrected chi connectivity index (χ2v) is 5.18. The van der Waals surface area contributed by atoms with Crippen LogP contribution in [0.5, 0.6) is 0 Å². The topological polar surface area (TPSA) is 38.9 Å². The number of aromatic nitrogens is 1. The molecule has 0 fully saturated rings. The fourth-order valence-corrected chi connectivity index (χ4v) is 2.45. The summed E-state index contributed by atoms with van der Waals surface area (Å²) in [6.45, 7) is 0. The smallest absolute Gasteiger partial charge is 0.180 e. The molecule has 5 heteroatoms. The van der Waals surface area contributed by atoms with Crippen LogP contribution in [0.3, 0.4) is 0 Å². The van der Waals surface area contributed by atoms with Crippen LogP contribution in [0.2, 0.25) is 5.02 Å². The highest BCUT2D eigenvalue weighted by molar-refractivity contribution is 14.1. The van der Waals surface area contributed by atoms with Crippen LogP contribution in [0, 0.1) is 3.57 Å². The number of nitrogens with zero attached hydrogens (tertiary/aromatic N) is 1. The predicted molar refractivity (Wildman–Crippen MR) is 69.7 cm³/mol. The molecule has 0 atom stereocenters. The first-order valence-corrected chi connectivity index (χ1v) is 6.17. The van der Waals surface area contributed by atoms with Gasteiger partial charge in [0, 0.05) is 19.5 Å². The Labute approximate surface area is 104 Å². The summed E-state index contributed by atoms with van der Waals surface area (Å²) in [7, 11) is 0. The SMILES string of the molecule is Nc1nc(-c2cc(Cl)ccc2I)cs1. The van der Waals surface area contributed by atoms with Crippen LogP contribution >= 0.6 is 45.5 Å². The highest BCUT2D eigenvalue weighted by Gasteiger charge is 2.06. The number of rotatable bonds is 1. The van der Waals surface area contributed by atoms with Crippen molar-refractivity contribution in [2.24, 2.45) is 0 Å². The summed E-state index contributed by atoms with van der Waals surface area (Å²) in [5, 5.41) is 3.23. The molecule has 2 rings (SSSR count). The molecule has 72 valence electrons. The zero-order valence-electron chi connectivity index (χ0n) is 7.00. The molecule has 0 amide bonds. The minimum absolute atomic E-state index is 0.579. The number of nitrogens with two attached hydrogens (primary N) is 1. The molecule has 1 aromatic heterocycles. The quantitative estimate of drug-likeness (QED) is 0.807. The van der Waals surface area contributed by atoms with Gasteiger partial charge in [-0.05, 0) is 40.8 Å². The maximum atomic E-state index is 5.91. The molecule has 2 aromatic rings. The van der Waals surface area contributed by atoms with Gasteiger partial charge in [0.1, 0.15) is 0 Å². The molecule has 0 saturated carbocycles. The lowest BCUT2D eigenvalue weighted by Gasteiger charge is -2.00. The van der Waals surface area contributed by atoms with Gasteiger partial charge in [0.15, 0.2) is 5.13 Å². The minimum atomic E-state index is 0.579. The Morgan fingerprint density at radius 3 is 2.86 bits per heavy atom. The third kappa shape index (κ3) is 2.02. The standard InChI is InChI=1S/C9H6ClIN2S/c10-5-1-2-7(11)6(3-5)8-4-14-9(12)13-8/h1-4H,(H2,12,13). The van der Waals surface area contributed by atoms with Gasteiger partial charge in [-0.3, -0.25) is 0 Å². The lowest BCUT2D eigenvalue weighted by Crippen LogP contribution is -1.85. The van der Waals surface area contributed by atoms with E-state index in [1.165, 1.54) is 11.3 Å². The van der Waals surface area contributed by atoms with Gasteiger partial charge < -0.3 is 5.73 Å². The Kier molecular flexibility index (Phi) is 2.94. The average Bonchev–Trinajstić information content (AvgIpc) is 2.56. The van der Waals surface area contributed by atoms with Gasteiger partial charge in [0.25, 0.3) is 0 Å². The van der Waals surface area contributed by atoms with Gasteiger partial charge in [-0.15, -0.1) is 11.3 Å². The summed E-state index contributed by atoms with van der Waals surface area (Å²) in [5.41, 5.74) is 7.50. The Morgan fingerprint density at radius 1 is 1.43 bits per heavy atom. The number of nitrogen functional groups attached to an aromatic ring is 1. The largest absolute Gasteiger partial charge is 0.375 e. The number of anilines is 1. The summed E-state index contributed by atoms with van der Waals surface area (Å²) in [6, 6.07) is 5.73. The van der Waals surface area contributed by atoms with E-state index in [4.69, 9.17) is 17.3 Å². The maximum absolute atomic E-state index is 5.91. The van der Waals surface area contributed by atoms with Crippen LogP contribution in [-0.2, 0) is 0 Å². The molecule has 14 heavy (non-hydrogen) atoms. The molecular weight excluding hydrogens is 331 g/mol. The first kappa shape index (κ1) is 10.2. The third-order valence-corrected chi connectivity index (χ3v) is 3.58. The van der Waals surface area contributed by atoms with Crippen molar-refractivity contribution in [3.8, 4) is 11.3 Å². The molecule has 2 nitrogen and oxygen atoms in total. The van der Waals surface area contributed by atoms with Crippen molar-refractivity contribution in [2.45, 2.75) is 0 Å².